The first-order chi connectivity index (χ1) is 9.54. The first kappa shape index (κ1) is 14.4. The summed E-state index contributed by atoms with van der Waals surface area (Å²) < 4.78 is 33.0. The lowest BCUT2D eigenvalue weighted by Gasteiger charge is -2.15. The minimum absolute atomic E-state index is 0.273. The summed E-state index contributed by atoms with van der Waals surface area (Å²) in [4.78, 5) is 3.90. The molecule has 0 fully saturated rings. The van der Waals surface area contributed by atoms with E-state index in [1.807, 2.05) is 6.92 Å². The van der Waals surface area contributed by atoms with Crippen molar-refractivity contribution in [2.24, 2.45) is 0 Å². The third-order valence-corrected chi connectivity index (χ3v) is 2.95. The van der Waals surface area contributed by atoms with Crippen LogP contribution in [-0.4, -0.2) is 16.7 Å². The van der Waals surface area contributed by atoms with Crippen LogP contribution in [0.4, 0.5) is 8.78 Å². The number of benzene rings is 1. The first-order valence-corrected chi connectivity index (χ1v) is 6.25. The van der Waals surface area contributed by atoms with Crippen molar-refractivity contribution in [1.82, 2.24) is 4.98 Å². The van der Waals surface area contributed by atoms with Crippen LogP contribution in [-0.2, 0) is 0 Å². The number of aliphatic hydroxyl groups is 1. The van der Waals surface area contributed by atoms with Gasteiger partial charge in [0.25, 0.3) is 0 Å². The maximum atomic E-state index is 14.0. The SMILES string of the molecule is CCOc1cncc(C(O)c2c(F)ccc(C)c2F)c1. The van der Waals surface area contributed by atoms with E-state index in [-0.39, 0.29) is 16.7 Å². The number of aromatic nitrogens is 1. The molecule has 0 saturated carbocycles. The fourth-order valence-corrected chi connectivity index (χ4v) is 1.93. The summed E-state index contributed by atoms with van der Waals surface area (Å²) in [7, 11) is 0. The maximum absolute atomic E-state index is 14.0. The molecule has 0 radical (unpaired) electrons. The Balaban J connectivity index is 2.43. The highest BCUT2D eigenvalue weighted by Crippen LogP contribution is 2.29. The van der Waals surface area contributed by atoms with Crippen molar-refractivity contribution in [3.63, 3.8) is 0 Å². The molecule has 0 aliphatic carbocycles. The molecule has 1 aromatic heterocycles. The smallest absolute Gasteiger partial charge is 0.137 e. The van der Waals surface area contributed by atoms with Crippen molar-refractivity contribution in [1.29, 1.82) is 0 Å². The molecule has 1 atom stereocenters. The van der Waals surface area contributed by atoms with Crippen molar-refractivity contribution in [3.05, 3.63) is 58.9 Å². The molecule has 2 rings (SSSR count). The molecule has 0 saturated heterocycles. The Morgan fingerprint density at radius 2 is 2.05 bits per heavy atom. The predicted octanol–water partition coefficient (Wildman–Crippen LogP) is 3.15. The van der Waals surface area contributed by atoms with Crippen molar-refractivity contribution >= 4 is 0 Å². The Labute approximate surface area is 115 Å². The molecule has 1 N–H and O–H groups in total. The summed E-state index contributed by atoms with van der Waals surface area (Å²) in [5, 5.41) is 10.2. The highest BCUT2D eigenvalue weighted by atomic mass is 19.1. The van der Waals surface area contributed by atoms with E-state index in [9.17, 15) is 13.9 Å². The van der Waals surface area contributed by atoms with E-state index in [1.54, 1.807) is 0 Å². The summed E-state index contributed by atoms with van der Waals surface area (Å²) in [5.74, 6) is -1.10. The van der Waals surface area contributed by atoms with Crippen LogP contribution in [0.5, 0.6) is 5.75 Å². The van der Waals surface area contributed by atoms with E-state index in [1.165, 1.54) is 31.5 Å². The Bertz CT molecular complexity index is 617. The lowest BCUT2D eigenvalue weighted by Crippen LogP contribution is -2.08. The number of hydrogen-bond acceptors (Lipinski definition) is 3. The van der Waals surface area contributed by atoms with Crippen LogP contribution >= 0.6 is 0 Å². The zero-order chi connectivity index (χ0) is 14.7. The average molecular weight is 279 g/mol. The number of ether oxygens (including phenoxy) is 1. The molecule has 5 heteroatoms. The van der Waals surface area contributed by atoms with Gasteiger partial charge in [-0.1, -0.05) is 6.07 Å². The molecule has 1 unspecified atom stereocenters. The lowest BCUT2D eigenvalue weighted by atomic mass is 9.99. The Morgan fingerprint density at radius 1 is 1.30 bits per heavy atom. The minimum atomic E-state index is -1.43. The molecule has 20 heavy (non-hydrogen) atoms. The van der Waals surface area contributed by atoms with E-state index < -0.39 is 17.7 Å². The Kier molecular flexibility index (Phi) is 4.29. The van der Waals surface area contributed by atoms with Crippen molar-refractivity contribution < 1.29 is 18.6 Å². The van der Waals surface area contributed by atoms with Crippen LogP contribution in [0.25, 0.3) is 0 Å². The maximum Gasteiger partial charge on any atom is 0.137 e. The molecule has 1 heterocycles. The lowest BCUT2D eigenvalue weighted by molar-refractivity contribution is 0.207. The Morgan fingerprint density at radius 3 is 2.75 bits per heavy atom. The topological polar surface area (TPSA) is 42.4 Å². The summed E-state index contributed by atoms with van der Waals surface area (Å²) in [6.07, 6.45) is 1.40. The quantitative estimate of drug-likeness (QED) is 0.934. The number of halogens is 2. The molecule has 2 aromatic rings. The third kappa shape index (κ3) is 2.77. The van der Waals surface area contributed by atoms with E-state index >= 15 is 0 Å². The molecular formula is C15H15F2NO2. The molecule has 0 aliphatic heterocycles. The van der Waals surface area contributed by atoms with Crippen molar-refractivity contribution in [2.45, 2.75) is 20.0 Å². The largest absolute Gasteiger partial charge is 0.492 e. The van der Waals surface area contributed by atoms with Crippen LogP contribution in [0, 0.1) is 18.6 Å². The second kappa shape index (κ2) is 5.96. The molecular weight excluding hydrogens is 264 g/mol. The fourth-order valence-electron chi connectivity index (χ4n) is 1.93. The number of pyridine rings is 1. The summed E-state index contributed by atoms with van der Waals surface area (Å²) >= 11 is 0. The van der Waals surface area contributed by atoms with Gasteiger partial charge in [0.15, 0.2) is 0 Å². The molecule has 0 aliphatic rings. The van der Waals surface area contributed by atoms with E-state index in [0.29, 0.717) is 12.4 Å². The van der Waals surface area contributed by atoms with Crippen LogP contribution in [0.15, 0.2) is 30.6 Å². The van der Waals surface area contributed by atoms with Crippen LogP contribution in [0.2, 0.25) is 0 Å². The predicted molar refractivity (Wildman–Crippen MR) is 70.6 cm³/mol. The van der Waals surface area contributed by atoms with Crippen LogP contribution in [0.3, 0.4) is 0 Å². The van der Waals surface area contributed by atoms with Gasteiger partial charge in [0.2, 0.25) is 0 Å². The van der Waals surface area contributed by atoms with Crippen LogP contribution in [0.1, 0.15) is 29.7 Å². The van der Waals surface area contributed by atoms with Gasteiger partial charge in [-0.15, -0.1) is 0 Å². The van der Waals surface area contributed by atoms with Gasteiger partial charge in [-0.3, -0.25) is 4.98 Å². The number of rotatable bonds is 4. The van der Waals surface area contributed by atoms with Crippen molar-refractivity contribution in [3.8, 4) is 5.75 Å². The van der Waals surface area contributed by atoms with E-state index in [4.69, 9.17) is 4.74 Å². The molecule has 3 nitrogen and oxygen atoms in total. The van der Waals surface area contributed by atoms with Crippen LogP contribution < -0.4 is 4.74 Å². The molecule has 0 spiro atoms. The number of nitrogens with zero attached hydrogens (tertiary/aromatic N) is 1. The fraction of sp³-hybridized carbons (Fsp3) is 0.267. The highest BCUT2D eigenvalue weighted by molar-refractivity contribution is 5.36. The number of hydrogen-bond donors (Lipinski definition) is 1. The zero-order valence-corrected chi connectivity index (χ0v) is 11.2. The third-order valence-electron chi connectivity index (χ3n) is 2.95. The normalized spacial score (nSPS) is 12.2. The monoisotopic (exact) mass is 279 g/mol. The van der Waals surface area contributed by atoms with Gasteiger partial charge in [-0.25, -0.2) is 8.78 Å². The van der Waals surface area contributed by atoms with Gasteiger partial charge in [-0.05, 0) is 31.5 Å². The Hall–Kier alpha value is -2.01. The van der Waals surface area contributed by atoms with E-state index in [0.717, 1.165) is 6.07 Å². The molecule has 0 bridgehead atoms. The van der Waals surface area contributed by atoms with Gasteiger partial charge in [0.1, 0.15) is 23.5 Å². The van der Waals surface area contributed by atoms with Gasteiger partial charge in [0.05, 0.1) is 18.4 Å². The first-order valence-electron chi connectivity index (χ1n) is 6.25. The summed E-state index contributed by atoms with van der Waals surface area (Å²) in [6.45, 7) is 3.76. The minimum Gasteiger partial charge on any atom is -0.492 e. The molecule has 0 amide bonds. The molecule has 106 valence electrons. The standard InChI is InChI=1S/C15H15F2NO2/c1-3-20-11-6-10(7-18-8-11)15(19)13-12(16)5-4-9(2)14(13)17/h4-8,15,19H,3H2,1-2H3. The molecule has 1 aromatic carbocycles. The average Bonchev–Trinajstić information content (AvgIpc) is 2.44. The zero-order valence-electron chi connectivity index (χ0n) is 11.2. The van der Waals surface area contributed by atoms with Gasteiger partial charge in [-0.2, -0.15) is 0 Å². The van der Waals surface area contributed by atoms with Gasteiger partial charge < -0.3 is 9.84 Å². The highest BCUT2D eigenvalue weighted by Gasteiger charge is 2.21. The summed E-state index contributed by atoms with van der Waals surface area (Å²) in [6, 6.07) is 3.98. The van der Waals surface area contributed by atoms with Gasteiger partial charge in [0, 0.05) is 11.8 Å². The second-order valence-electron chi connectivity index (χ2n) is 4.38. The second-order valence-corrected chi connectivity index (χ2v) is 4.38. The number of aryl methyl sites for hydroxylation is 1. The van der Waals surface area contributed by atoms with Crippen molar-refractivity contribution in [2.75, 3.05) is 6.61 Å². The number of aliphatic hydroxyl groups excluding tert-OH is 1. The van der Waals surface area contributed by atoms with Gasteiger partial charge >= 0.3 is 0 Å². The summed E-state index contributed by atoms with van der Waals surface area (Å²) in [5.41, 5.74) is 0.175. The van der Waals surface area contributed by atoms with E-state index in [2.05, 4.69) is 4.98 Å².